The third-order valence-corrected chi connectivity index (χ3v) is 18.1. The Kier molecular flexibility index (Phi) is 13.0. The largest absolute Gasteiger partial charge is 0.452 e. The van der Waals surface area contributed by atoms with Crippen LogP contribution in [-0.2, 0) is 0 Å². The van der Waals surface area contributed by atoms with Crippen LogP contribution in [0, 0.1) is 0 Å². The average molecular weight is 1200 g/mol. The fourth-order valence-electron chi connectivity index (χ4n) is 13.7. The molecule has 19 rings (SSSR count). The van der Waals surface area contributed by atoms with Gasteiger partial charge in [-0.25, -0.2) is 19.9 Å². The van der Waals surface area contributed by atoms with Gasteiger partial charge in [-0.15, -0.1) is 0 Å². The first kappa shape index (κ1) is 54.2. The lowest BCUT2D eigenvalue weighted by Gasteiger charge is -2.10. The summed E-state index contributed by atoms with van der Waals surface area (Å²) in [5.41, 5.74) is 23.6. The van der Waals surface area contributed by atoms with Crippen LogP contribution in [0.2, 0.25) is 0 Å². The van der Waals surface area contributed by atoms with E-state index < -0.39 is 0 Å². The number of fused-ring (bicyclic) bond motifs is 12. The Balaban J connectivity index is 0.000000139. The van der Waals surface area contributed by atoms with Crippen molar-refractivity contribution in [2.45, 2.75) is 0 Å². The quantitative estimate of drug-likeness (QED) is 0.143. The van der Waals surface area contributed by atoms with Crippen LogP contribution in [0.1, 0.15) is 0 Å². The molecule has 8 heteroatoms. The van der Waals surface area contributed by atoms with Gasteiger partial charge in [-0.05, 0) is 100 Å². The molecule has 8 nitrogen and oxygen atoms in total. The number of hydrogen-bond donors (Lipinski definition) is 0. The van der Waals surface area contributed by atoms with Crippen LogP contribution >= 0.6 is 0 Å². The summed E-state index contributed by atoms with van der Waals surface area (Å²) < 4.78 is 17.9. The highest BCUT2D eigenvalue weighted by Crippen LogP contribution is 2.44. The molecular formula is C86H54N6O2. The molecule has 0 radical (unpaired) electrons. The van der Waals surface area contributed by atoms with Gasteiger partial charge in [0.25, 0.3) is 0 Å². The van der Waals surface area contributed by atoms with Gasteiger partial charge < -0.3 is 18.0 Å². The van der Waals surface area contributed by atoms with Crippen molar-refractivity contribution < 1.29 is 8.83 Å². The monoisotopic (exact) mass is 1200 g/mol. The molecule has 0 aliphatic rings. The highest BCUT2D eigenvalue weighted by atomic mass is 16.3. The van der Waals surface area contributed by atoms with E-state index in [4.69, 9.17) is 28.8 Å². The number of aromatic nitrogens is 6. The van der Waals surface area contributed by atoms with Crippen LogP contribution in [0.5, 0.6) is 0 Å². The van der Waals surface area contributed by atoms with Gasteiger partial charge in [0.1, 0.15) is 33.6 Å². The zero-order valence-electron chi connectivity index (χ0n) is 50.7. The van der Waals surface area contributed by atoms with Gasteiger partial charge in [-0.2, -0.15) is 0 Å². The molecule has 0 bridgehead atoms. The molecule has 0 aliphatic carbocycles. The molecule has 0 N–H and O–H groups in total. The van der Waals surface area contributed by atoms with E-state index in [1.807, 2.05) is 84.9 Å². The minimum absolute atomic E-state index is 0.664. The second-order valence-corrected chi connectivity index (χ2v) is 23.6. The lowest BCUT2D eigenvalue weighted by molar-refractivity contribution is 0.667. The van der Waals surface area contributed by atoms with Gasteiger partial charge in [-0.3, -0.25) is 0 Å². The normalized spacial score (nSPS) is 11.6. The first-order valence-corrected chi connectivity index (χ1v) is 31.6. The van der Waals surface area contributed by atoms with E-state index >= 15 is 0 Å². The number of nitrogens with zero attached hydrogens (tertiary/aromatic N) is 6. The van der Waals surface area contributed by atoms with E-state index in [1.165, 1.54) is 43.6 Å². The standard InChI is InChI=1S/C46H29N3O.C40H25N3O/c1-3-13-30(14-4-1)33-17-11-18-34(29-33)43-45-44(48-46(47-43)32-15-5-2-6-16-32)42-36(21-12-24-41(42)50-45)31-25-27-35(28-26-31)49-39-22-9-7-19-37(39)38-20-8-10-23-40(38)49;1-3-12-27(13-4-1)37-39-38(42-40(41-37)28-14-5-2-6-15-28)36-30(18-11-21-35(36)44-39)26-22-24-29(25-23-26)43-33-19-9-7-16-31(33)32-17-8-10-20-34(32)43/h1-29H;1-25H. The molecule has 13 aromatic carbocycles. The van der Waals surface area contributed by atoms with Crippen molar-refractivity contribution in [1.29, 1.82) is 0 Å². The summed E-state index contributed by atoms with van der Waals surface area (Å²) in [6.07, 6.45) is 0. The molecule has 6 aromatic heterocycles. The Morgan fingerprint density at radius 1 is 0.234 bits per heavy atom. The van der Waals surface area contributed by atoms with Crippen molar-refractivity contribution >= 4 is 87.7 Å². The summed E-state index contributed by atoms with van der Waals surface area (Å²) in [6.45, 7) is 0. The fourth-order valence-corrected chi connectivity index (χ4v) is 13.7. The predicted molar refractivity (Wildman–Crippen MR) is 385 cm³/mol. The van der Waals surface area contributed by atoms with E-state index in [9.17, 15) is 0 Å². The molecule has 440 valence electrons. The Bertz CT molecular complexity index is 5970. The Labute approximate surface area is 540 Å². The molecule has 0 spiro atoms. The summed E-state index contributed by atoms with van der Waals surface area (Å²) in [6, 6.07) is 114. The molecule has 0 aliphatic heterocycles. The SMILES string of the molecule is c1ccc(-c2cccc(-c3nc(-c4ccccc4)nc4c3oc3cccc(-c5ccc(-n6c7ccccc7c7ccccc76)cc5)c34)c2)cc1.c1ccc(-c2nc(-c3ccccc3)c3oc4cccc(-c5ccc(-n6c7ccccc7c7ccccc76)cc5)c4c3n2)cc1. The van der Waals surface area contributed by atoms with Gasteiger partial charge in [0.2, 0.25) is 0 Å². The molecule has 0 saturated carbocycles. The maximum absolute atomic E-state index is 6.69. The molecule has 0 amide bonds. The number of furan rings is 2. The fraction of sp³-hybridized carbons (Fsp3) is 0. The van der Waals surface area contributed by atoms with Crippen molar-refractivity contribution in [2.24, 2.45) is 0 Å². The maximum atomic E-state index is 6.69. The predicted octanol–water partition coefficient (Wildman–Crippen LogP) is 22.6. The van der Waals surface area contributed by atoms with Crippen molar-refractivity contribution in [2.75, 3.05) is 0 Å². The van der Waals surface area contributed by atoms with Crippen LogP contribution in [0.4, 0.5) is 0 Å². The third-order valence-electron chi connectivity index (χ3n) is 18.1. The van der Waals surface area contributed by atoms with E-state index in [1.54, 1.807) is 0 Å². The number of hydrogen-bond acceptors (Lipinski definition) is 6. The summed E-state index contributed by atoms with van der Waals surface area (Å²) in [7, 11) is 0. The zero-order chi connectivity index (χ0) is 62.1. The summed E-state index contributed by atoms with van der Waals surface area (Å²) in [5, 5.41) is 6.98. The minimum atomic E-state index is 0.664. The third kappa shape index (κ3) is 9.22. The maximum Gasteiger partial charge on any atom is 0.180 e. The lowest BCUT2D eigenvalue weighted by Crippen LogP contribution is -1.95. The van der Waals surface area contributed by atoms with E-state index in [-0.39, 0.29) is 0 Å². The highest BCUT2D eigenvalue weighted by molar-refractivity contribution is 6.16. The molecule has 19 aromatic rings. The summed E-state index contributed by atoms with van der Waals surface area (Å²) in [4.78, 5) is 20.5. The Morgan fingerprint density at radius 2 is 0.564 bits per heavy atom. The molecular weight excluding hydrogens is 1150 g/mol. The van der Waals surface area contributed by atoms with Crippen LogP contribution in [0.15, 0.2) is 336 Å². The lowest BCUT2D eigenvalue weighted by atomic mass is 9.99. The van der Waals surface area contributed by atoms with Crippen LogP contribution in [-0.4, -0.2) is 29.1 Å². The van der Waals surface area contributed by atoms with Crippen LogP contribution in [0.25, 0.3) is 178 Å². The molecule has 0 atom stereocenters. The first-order valence-electron chi connectivity index (χ1n) is 31.6. The van der Waals surface area contributed by atoms with Gasteiger partial charge in [0.05, 0.1) is 32.8 Å². The summed E-state index contributed by atoms with van der Waals surface area (Å²) in [5.74, 6) is 1.34. The second kappa shape index (κ2) is 22.6. The Hall–Kier alpha value is -12.8. The van der Waals surface area contributed by atoms with Gasteiger partial charge in [0.15, 0.2) is 22.8 Å². The average Bonchev–Trinajstić information content (AvgIpc) is 1.61. The molecule has 0 fully saturated rings. The van der Waals surface area contributed by atoms with Crippen molar-refractivity contribution in [1.82, 2.24) is 29.1 Å². The van der Waals surface area contributed by atoms with E-state index in [0.29, 0.717) is 22.8 Å². The van der Waals surface area contributed by atoms with Crippen LogP contribution < -0.4 is 0 Å². The highest BCUT2D eigenvalue weighted by Gasteiger charge is 2.24. The van der Waals surface area contributed by atoms with Crippen LogP contribution in [0.3, 0.4) is 0 Å². The topological polar surface area (TPSA) is 87.7 Å². The second-order valence-electron chi connectivity index (χ2n) is 23.6. The molecule has 0 saturated heterocycles. The first-order chi connectivity index (χ1) is 46.6. The van der Waals surface area contributed by atoms with Crippen molar-refractivity contribution in [3.63, 3.8) is 0 Å². The molecule has 0 unspecified atom stereocenters. The van der Waals surface area contributed by atoms with Crippen molar-refractivity contribution in [3.8, 4) is 90.0 Å². The van der Waals surface area contributed by atoms with Gasteiger partial charge >= 0.3 is 0 Å². The number of rotatable bonds is 9. The van der Waals surface area contributed by atoms with Gasteiger partial charge in [-0.1, -0.05) is 261 Å². The zero-order valence-corrected chi connectivity index (χ0v) is 50.7. The Morgan fingerprint density at radius 3 is 0.979 bits per heavy atom. The van der Waals surface area contributed by atoms with Gasteiger partial charge in [0, 0.05) is 55.2 Å². The smallest absolute Gasteiger partial charge is 0.180 e. The van der Waals surface area contributed by atoms with E-state index in [0.717, 1.165) is 111 Å². The number of benzene rings is 13. The summed E-state index contributed by atoms with van der Waals surface area (Å²) >= 11 is 0. The van der Waals surface area contributed by atoms with E-state index in [2.05, 4.69) is 252 Å². The number of para-hydroxylation sites is 4. The minimum Gasteiger partial charge on any atom is -0.452 e. The molecule has 6 heterocycles. The molecule has 94 heavy (non-hydrogen) atoms. The van der Waals surface area contributed by atoms with Crippen molar-refractivity contribution in [3.05, 3.63) is 328 Å².